The summed E-state index contributed by atoms with van der Waals surface area (Å²) in [5.74, 6) is -0.0692. The molecule has 0 spiro atoms. The summed E-state index contributed by atoms with van der Waals surface area (Å²) < 4.78 is 16.8. The van der Waals surface area contributed by atoms with Crippen molar-refractivity contribution in [3.8, 4) is 0 Å². The average Bonchev–Trinajstić information content (AvgIpc) is 3.22. The van der Waals surface area contributed by atoms with Gasteiger partial charge in [0.25, 0.3) is 0 Å². The smallest absolute Gasteiger partial charge is 0.306 e. The number of ether oxygens (including phenoxy) is 3. The molecule has 0 bridgehead atoms. The maximum Gasteiger partial charge on any atom is 0.306 e. The summed E-state index contributed by atoms with van der Waals surface area (Å²) in [6.07, 6.45) is 49.6. The molecule has 59 heavy (non-hydrogen) atoms. The minimum Gasteiger partial charge on any atom is -0.462 e. The van der Waals surface area contributed by atoms with Crippen LogP contribution >= 0.6 is 0 Å². The third-order valence-corrected chi connectivity index (χ3v) is 12.0. The number of carbonyl (C=O) groups excluding carboxylic acids is 3. The Bertz CT molecular complexity index is 887. The van der Waals surface area contributed by atoms with Gasteiger partial charge in [0.05, 0.1) is 0 Å². The predicted molar refractivity (Wildman–Crippen MR) is 252 cm³/mol. The Morgan fingerprint density at radius 3 is 0.831 bits per heavy atom. The normalized spacial score (nSPS) is 11.9. The lowest BCUT2D eigenvalue weighted by Gasteiger charge is -2.18. The Labute approximate surface area is 368 Å². The second kappa shape index (κ2) is 47.5. The summed E-state index contributed by atoms with van der Waals surface area (Å²) in [5, 5.41) is 0. The lowest BCUT2D eigenvalue weighted by atomic mass is 10.0. The van der Waals surface area contributed by atoms with Crippen LogP contribution in [0.4, 0.5) is 0 Å². The fraction of sp³-hybridized carbons (Fsp3) is 0.943. The molecule has 0 radical (unpaired) electrons. The lowest BCUT2D eigenvalue weighted by Crippen LogP contribution is -2.30. The molecule has 0 saturated heterocycles. The minimum absolute atomic E-state index is 0.0635. The van der Waals surface area contributed by atoms with Crippen molar-refractivity contribution in [3.05, 3.63) is 0 Å². The number of esters is 3. The van der Waals surface area contributed by atoms with Crippen LogP contribution in [0.15, 0.2) is 0 Å². The Morgan fingerprint density at radius 2 is 0.559 bits per heavy atom. The number of hydrogen-bond acceptors (Lipinski definition) is 6. The van der Waals surface area contributed by atoms with Gasteiger partial charge in [-0.05, 0) is 25.2 Å². The van der Waals surface area contributed by atoms with E-state index >= 15 is 0 Å². The Kier molecular flexibility index (Phi) is 46.2. The Balaban J connectivity index is 4.23. The maximum absolute atomic E-state index is 12.7. The first-order valence-corrected chi connectivity index (χ1v) is 26.4. The van der Waals surface area contributed by atoms with Crippen molar-refractivity contribution >= 4 is 17.9 Å². The highest BCUT2D eigenvalue weighted by atomic mass is 16.6. The van der Waals surface area contributed by atoms with Crippen molar-refractivity contribution in [2.45, 2.75) is 303 Å². The van der Waals surface area contributed by atoms with E-state index in [0.29, 0.717) is 19.3 Å². The average molecular weight is 835 g/mol. The largest absolute Gasteiger partial charge is 0.462 e. The van der Waals surface area contributed by atoms with Gasteiger partial charge < -0.3 is 14.2 Å². The first-order valence-electron chi connectivity index (χ1n) is 26.4. The van der Waals surface area contributed by atoms with Crippen molar-refractivity contribution in [1.82, 2.24) is 0 Å². The van der Waals surface area contributed by atoms with Gasteiger partial charge in [-0.2, -0.15) is 0 Å². The van der Waals surface area contributed by atoms with E-state index in [1.807, 2.05) is 0 Å². The van der Waals surface area contributed by atoms with Crippen LogP contribution in [0.2, 0.25) is 0 Å². The van der Waals surface area contributed by atoms with Gasteiger partial charge in [0.15, 0.2) is 6.10 Å². The van der Waals surface area contributed by atoms with Crippen molar-refractivity contribution in [1.29, 1.82) is 0 Å². The highest BCUT2D eigenvalue weighted by Gasteiger charge is 2.19. The van der Waals surface area contributed by atoms with Crippen molar-refractivity contribution in [2.75, 3.05) is 13.2 Å². The molecule has 0 fully saturated rings. The van der Waals surface area contributed by atoms with Crippen molar-refractivity contribution in [3.63, 3.8) is 0 Å². The van der Waals surface area contributed by atoms with E-state index in [0.717, 1.165) is 63.7 Å². The molecule has 0 N–H and O–H groups in total. The number of unbranched alkanes of at least 4 members (excludes halogenated alkanes) is 35. The zero-order valence-corrected chi connectivity index (χ0v) is 40.2. The molecule has 0 saturated carbocycles. The van der Waals surface area contributed by atoms with Crippen LogP contribution in [0.1, 0.15) is 297 Å². The van der Waals surface area contributed by atoms with Gasteiger partial charge in [0.2, 0.25) is 0 Å². The molecule has 0 aromatic heterocycles. The predicted octanol–water partition coefficient (Wildman–Crippen LogP) is 17.1. The Hall–Kier alpha value is -1.59. The molecule has 6 heteroatoms. The molecule has 0 aromatic rings. The fourth-order valence-corrected chi connectivity index (χ4v) is 8.04. The SMILES string of the molecule is CCCCCCCCCCCCCCCCCCCCC(=O)OC[C@@H](COC(=O)CCCCCCCCCCCCCCC)OC(=O)CCCCCCCCCC(C)C. The van der Waals surface area contributed by atoms with Gasteiger partial charge >= 0.3 is 17.9 Å². The maximum atomic E-state index is 12.7. The topological polar surface area (TPSA) is 78.9 Å². The second-order valence-corrected chi connectivity index (χ2v) is 18.6. The van der Waals surface area contributed by atoms with Gasteiger partial charge in [-0.1, -0.05) is 259 Å². The van der Waals surface area contributed by atoms with Gasteiger partial charge in [-0.3, -0.25) is 14.4 Å². The summed E-state index contributed by atoms with van der Waals surface area (Å²) in [6.45, 7) is 8.98. The molecular formula is C53H102O6. The van der Waals surface area contributed by atoms with Gasteiger partial charge in [0.1, 0.15) is 13.2 Å². The molecule has 0 amide bonds. The first-order chi connectivity index (χ1) is 28.9. The summed E-state index contributed by atoms with van der Waals surface area (Å²) in [6, 6.07) is 0. The van der Waals surface area contributed by atoms with E-state index in [-0.39, 0.29) is 31.1 Å². The molecular weight excluding hydrogens is 733 g/mol. The highest BCUT2D eigenvalue weighted by molar-refractivity contribution is 5.71. The van der Waals surface area contributed by atoms with E-state index in [9.17, 15) is 14.4 Å². The molecule has 0 aliphatic heterocycles. The molecule has 0 aliphatic rings. The Morgan fingerprint density at radius 1 is 0.322 bits per heavy atom. The van der Waals surface area contributed by atoms with Crippen LogP contribution in [0.3, 0.4) is 0 Å². The van der Waals surface area contributed by atoms with Gasteiger partial charge in [-0.25, -0.2) is 0 Å². The number of carbonyl (C=O) groups is 3. The minimum atomic E-state index is -0.761. The monoisotopic (exact) mass is 835 g/mol. The van der Waals surface area contributed by atoms with Gasteiger partial charge in [-0.15, -0.1) is 0 Å². The van der Waals surface area contributed by atoms with Crippen LogP contribution in [0.5, 0.6) is 0 Å². The summed E-state index contributed by atoms with van der Waals surface area (Å²) in [5.41, 5.74) is 0. The molecule has 0 rings (SSSR count). The van der Waals surface area contributed by atoms with E-state index < -0.39 is 6.10 Å². The molecule has 0 heterocycles. The zero-order valence-electron chi connectivity index (χ0n) is 40.2. The van der Waals surface area contributed by atoms with E-state index in [1.54, 1.807) is 0 Å². The summed E-state index contributed by atoms with van der Waals surface area (Å²) in [4.78, 5) is 37.9. The van der Waals surface area contributed by atoms with Crippen molar-refractivity contribution < 1.29 is 28.6 Å². The standard InChI is InChI=1S/C53H102O6/c1-5-7-9-11-13-15-17-19-20-21-22-23-25-27-29-33-37-41-45-52(55)58-48-50(59-53(56)46-42-38-34-30-31-35-39-43-49(3)4)47-57-51(54)44-40-36-32-28-26-24-18-16-14-12-10-8-6-2/h49-50H,5-48H2,1-4H3/t50-/m1/s1. The first kappa shape index (κ1) is 57.4. The van der Waals surface area contributed by atoms with E-state index in [1.165, 1.54) is 193 Å². The van der Waals surface area contributed by atoms with Crippen molar-refractivity contribution in [2.24, 2.45) is 5.92 Å². The molecule has 350 valence electrons. The summed E-state index contributed by atoms with van der Waals surface area (Å²) >= 11 is 0. The van der Waals surface area contributed by atoms with Crippen LogP contribution in [0, 0.1) is 5.92 Å². The third kappa shape index (κ3) is 47.3. The van der Waals surface area contributed by atoms with E-state index in [4.69, 9.17) is 14.2 Å². The van der Waals surface area contributed by atoms with Crippen LogP contribution in [0.25, 0.3) is 0 Å². The molecule has 6 nitrogen and oxygen atoms in total. The van der Waals surface area contributed by atoms with Crippen LogP contribution < -0.4 is 0 Å². The second-order valence-electron chi connectivity index (χ2n) is 18.6. The van der Waals surface area contributed by atoms with Gasteiger partial charge in [0, 0.05) is 19.3 Å². The highest BCUT2D eigenvalue weighted by Crippen LogP contribution is 2.17. The zero-order chi connectivity index (χ0) is 43.1. The number of rotatable bonds is 48. The summed E-state index contributed by atoms with van der Waals surface area (Å²) in [7, 11) is 0. The molecule has 1 atom stereocenters. The van der Waals surface area contributed by atoms with Crippen LogP contribution in [-0.2, 0) is 28.6 Å². The fourth-order valence-electron chi connectivity index (χ4n) is 8.04. The molecule has 0 aliphatic carbocycles. The third-order valence-electron chi connectivity index (χ3n) is 12.0. The van der Waals surface area contributed by atoms with Crippen LogP contribution in [-0.4, -0.2) is 37.2 Å². The quantitative estimate of drug-likeness (QED) is 0.0345. The number of hydrogen-bond donors (Lipinski definition) is 0. The van der Waals surface area contributed by atoms with E-state index in [2.05, 4.69) is 27.7 Å². The lowest BCUT2D eigenvalue weighted by molar-refractivity contribution is -0.167. The molecule has 0 aromatic carbocycles. The molecule has 0 unspecified atom stereocenters.